The van der Waals surface area contributed by atoms with Crippen molar-refractivity contribution in [1.82, 2.24) is 9.38 Å². The molecular weight excluding hydrogens is 168 g/mol. The zero-order valence-electron chi connectivity index (χ0n) is 7.06. The molecule has 2 heterocycles. The highest BCUT2D eigenvalue weighted by molar-refractivity contribution is 5.92. The number of imidazole rings is 1. The van der Waals surface area contributed by atoms with Crippen molar-refractivity contribution in [1.29, 1.82) is 0 Å². The predicted molar refractivity (Wildman–Crippen MR) is 46.9 cm³/mol. The van der Waals surface area contributed by atoms with Gasteiger partial charge in [-0.15, -0.1) is 0 Å². The van der Waals surface area contributed by atoms with Crippen LogP contribution in [0, 0.1) is 0 Å². The van der Waals surface area contributed by atoms with Gasteiger partial charge >= 0.3 is 0 Å². The van der Waals surface area contributed by atoms with Gasteiger partial charge in [-0.05, 0) is 12.1 Å². The Kier molecular flexibility index (Phi) is 1.55. The van der Waals surface area contributed by atoms with Crippen molar-refractivity contribution >= 4 is 11.4 Å². The molecule has 0 aromatic carbocycles. The van der Waals surface area contributed by atoms with E-state index in [-0.39, 0.29) is 11.5 Å². The van der Waals surface area contributed by atoms with Crippen LogP contribution in [-0.2, 0) is 0 Å². The summed E-state index contributed by atoms with van der Waals surface area (Å²) in [6.45, 7) is 1.44. The smallest absolute Gasteiger partial charge is 0.180 e. The number of carbonyl (C=O) groups excluding carboxylic acids is 1. The average Bonchev–Trinajstić information content (AvgIpc) is 2.49. The maximum atomic E-state index is 11.0. The second-order valence-corrected chi connectivity index (χ2v) is 2.81. The molecule has 0 aliphatic heterocycles. The zero-order chi connectivity index (χ0) is 9.42. The molecule has 1 N–H and O–H groups in total. The molecule has 0 aliphatic carbocycles. The Labute approximate surface area is 74.5 Å². The molecule has 0 radical (unpaired) electrons. The third-order valence-electron chi connectivity index (χ3n) is 1.82. The van der Waals surface area contributed by atoms with Gasteiger partial charge < -0.3 is 9.51 Å². The molecule has 0 amide bonds. The Balaban J connectivity index is 2.75. The van der Waals surface area contributed by atoms with Crippen molar-refractivity contribution in [2.45, 2.75) is 6.92 Å². The fourth-order valence-electron chi connectivity index (χ4n) is 1.17. The van der Waals surface area contributed by atoms with E-state index in [1.165, 1.54) is 13.0 Å². The van der Waals surface area contributed by atoms with Gasteiger partial charge in [0.05, 0.1) is 0 Å². The van der Waals surface area contributed by atoms with Crippen LogP contribution in [0.15, 0.2) is 24.5 Å². The van der Waals surface area contributed by atoms with Gasteiger partial charge in [-0.1, -0.05) is 0 Å². The molecule has 0 saturated carbocycles. The van der Waals surface area contributed by atoms with Crippen molar-refractivity contribution in [3.8, 4) is 5.75 Å². The van der Waals surface area contributed by atoms with E-state index in [0.717, 1.165) is 0 Å². The Morgan fingerprint density at radius 3 is 3.00 bits per heavy atom. The van der Waals surface area contributed by atoms with Crippen LogP contribution >= 0.6 is 0 Å². The topological polar surface area (TPSA) is 54.6 Å². The lowest BCUT2D eigenvalue weighted by Gasteiger charge is -1.92. The number of nitrogens with zero attached hydrogens (tertiary/aromatic N) is 2. The number of hydrogen-bond donors (Lipinski definition) is 1. The minimum absolute atomic E-state index is 0.0787. The van der Waals surface area contributed by atoms with E-state index in [0.29, 0.717) is 11.3 Å². The molecule has 2 aromatic heterocycles. The number of ketones is 1. The Morgan fingerprint density at radius 1 is 1.62 bits per heavy atom. The van der Waals surface area contributed by atoms with Crippen LogP contribution < -0.4 is 0 Å². The van der Waals surface area contributed by atoms with Gasteiger partial charge in [-0.2, -0.15) is 0 Å². The van der Waals surface area contributed by atoms with Crippen LogP contribution in [0.3, 0.4) is 0 Å². The number of aromatic hydroxyl groups is 1. The number of hydrogen-bond acceptors (Lipinski definition) is 3. The third-order valence-corrected chi connectivity index (χ3v) is 1.82. The maximum absolute atomic E-state index is 11.0. The van der Waals surface area contributed by atoms with E-state index in [4.69, 9.17) is 0 Å². The highest BCUT2D eigenvalue weighted by atomic mass is 16.3. The van der Waals surface area contributed by atoms with Crippen LogP contribution in [0.25, 0.3) is 5.65 Å². The van der Waals surface area contributed by atoms with Crippen molar-refractivity contribution < 1.29 is 9.90 Å². The fourth-order valence-corrected chi connectivity index (χ4v) is 1.17. The van der Waals surface area contributed by atoms with E-state index >= 15 is 0 Å². The van der Waals surface area contributed by atoms with Crippen molar-refractivity contribution in [3.05, 3.63) is 30.2 Å². The summed E-state index contributed by atoms with van der Waals surface area (Å²) in [4.78, 5) is 14.9. The number of fused-ring (bicyclic) bond motifs is 1. The van der Waals surface area contributed by atoms with Crippen molar-refractivity contribution in [2.75, 3.05) is 0 Å². The molecule has 0 atom stereocenters. The first-order valence-corrected chi connectivity index (χ1v) is 3.86. The first kappa shape index (κ1) is 7.79. The Bertz CT molecular complexity index is 473. The molecule has 0 fully saturated rings. The SMILES string of the molecule is CC(=O)c1cn2cccc(O)c2n1. The molecule has 2 aromatic rings. The summed E-state index contributed by atoms with van der Waals surface area (Å²) in [6, 6.07) is 3.22. The highest BCUT2D eigenvalue weighted by Crippen LogP contribution is 2.16. The fraction of sp³-hybridized carbons (Fsp3) is 0.111. The van der Waals surface area contributed by atoms with E-state index in [1.807, 2.05) is 0 Å². The lowest BCUT2D eigenvalue weighted by atomic mass is 10.3. The summed E-state index contributed by atoms with van der Waals surface area (Å²) in [6.07, 6.45) is 3.33. The lowest BCUT2D eigenvalue weighted by molar-refractivity contribution is 0.101. The number of carbonyl (C=O) groups is 1. The second kappa shape index (κ2) is 2.58. The van der Waals surface area contributed by atoms with Crippen LogP contribution in [0.4, 0.5) is 0 Å². The minimum Gasteiger partial charge on any atom is -0.504 e. The molecular formula is C9H8N2O2. The number of aromatic nitrogens is 2. The standard InChI is InChI=1S/C9H8N2O2/c1-6(12)7-5-11-4-2-3-8(13)9(11)10-7/h2-5,13H,1H3. The van der Waals surface area contributed by atoms with Gasteiger partial charge in [0, 0.05) is 19.3 Å². The van der Waals surface area contributed by atoms with Gasteiger partial charge in [0.2, 0.25) is 0 Å². The molecule has 66 valence electrons. The summed E-state index contributed by atoms with van der Waals surface area (Å²) in [5.74, 6) is -0.0295. The van der Waals surface area contributed by atoms with Gasteiger partial charge in [0.15, 0.2) is 17.2 Å². The second-order valence-electron chi connectivity index (χ2n) is 2.81. The van der Waals surface area contributed by atoms with Crippen LogP contribution in [0.2, 0.25) is 0 Å². The molecule has 0 unspecified atom stereocenters. The summed E-state index contributed by atoms with van der Waals surface area (Å²) >= 11 is 0. The maximum Gasteiger partial charge on any atom is 0.180 e. The molecule has 0 aliphatic rings. The zero-order valence-corrected chi connectivity index (χ0v) is 7.06. The Hall–Kier alpha value is -1.84. The number of Topliss-reactive ketones (excluding diaryl/α,β-unsaturated/α-hetero) is 1. The average molecular weight is 176 g/mol. The first-order valence-electron chi connectivity index (χ1n) is 3.86. The van der Waals surface area contributed by atoms with Crippen LogP contribution in [0.5, 0.6) is 5.75 Å². The quantitative estimate of drug-likeness (QED) is 0.665. The molecule has 4 nitrogen and oxygen atoms in total. The number of rotatable bonds is 1. The molecule has 13 heavy (non-hydrogen) atoms. The normalized spacial score (nSPS) is 10.5. The van der Waals surface area contributed by atoms with Gasteiger partial charge in [0.1, 0.15) is 5.69 Å². The van der Waals surface area contributed by atoms with E-state index < -0.39 is 0 Å². The van der Waals surface area contributed by atoms with Gasteiger partial charge in [0.25, 0.3) is 0 Å². The summed E-state index contributed by atoms with van der Waals surface area (Å²) in [7, 11) is 0. The van der Waals surface area contributed by atoms with E-state index in [9.17, 15) is 9.90 Å². The summed E-state index contributed by atoms with van der Waals surface area (Å²) in [5.41, 5.74) is 0.772. The summed E-state index contributed by atoms with van der Waals surface area (Å²) in [5, 5.41) is 9.37. The first-order chi connectivity index (χ1) is 6.18. The molecule has 4 heteroatoms. The highest BCUT2D eigenvalue weighted by Gasteiger charge is 2.07. The van der Waals surface area contributed by atoms with Crippen molar-refractivity contribution in [2.24, 2.45) is 0 Å². The third kappa shape index (κ3) is 1.16. The van der Waals surface area contributed by atoms with Crippen LogP contribution in [-0.4, -0.2) is 20.3 Å². The largest absolute Gasteiger partial charge is 0.504 e. The van der Waals surface area contributed by atoms with E-state index in [2.05, 4.69) is 4.98 Å². The molecule has 0 saturated heterocycles. The lowest BCUT2D eigenvalue weighted by Crippen LogP contribution is -1.90. The molecule has 0 spiro atoms. The number of pyridine rings is 1. The van der Waals surface area contributed by atoms with Gasteiger partial charge in [-0.3, -0.25) is 4.79 Å². The minimum atomic E-state index is -0.108. The molecule has 0 bridgehead atoms. The molecule has 2 rings (SSSR count). The van der Waals surface area contributed by atoms with E-state index in [1.54, 1.807) is 22.9 Å². The predicted octanol–water partition coefficient (Wildman–Crippen LogP) is 1.24. The summed E-state index contributed by atoms with van der Waals surface area (Å²) < 4.78 is 1.62. The monoisotopic (exact) mass is 176 g/mol. The van der Waals surface area contributed by atoms with Crippen LogP contribution in [0.1, 0.15) is 17.4 Å². The van der Waals surface area contributed by atoms with Gasteiger partial charge in [-0.25, -0.2) is 4.98 Å². The Morgan fingerprint density at radius 2 is 2.38 bits per heavy atom. The van der Waals surface area contributed by atoms with Crippen molar-refractivity contribution in [3.63, 3.8) is 0 Å².